The number of aromatic amines is 1. The number of aliphatic hydroxyl groups is 1. The van der Waals surface area contributed by atoms with Crippen LogP contribution in [0.2, 0.25) is 0 Å². The van der Waals surface area contributed by atoms with Crippen molar-refractivity contribution < 1.29 is 9.90 Å². The van der Waals surface area contributed by atoms with Gasteiger partial charge < -0.3 is 15.0 Å². The molecule has 4 saturated carbocycles. The number of rotatable bonds is 2. The molecule has 1 aromatic rings. The van der Waals surface area contributed by atoms with Crippen LogP contribution in [0.5, 0.6) is 0 Å². The van der Waals surface area contributed by atoms with Crippen LogP contribution in [-0.2, 0) is 5.41 Å². The van der Waals surface area contributed by atoms with Crippen LogP contribution in [0.4, 0.5) is 0 Å². The quantitative estimate of drug-likeness (QED) is 0.835. The van der Waals surface area contributed by atoms with Gasteiger partial charge in [0.25, 0.3) is 11.5 Å². The molecule has 2 heterocycles. The van der Waals surface area contributed by atoms with Crippen LogP contribution < -0.4 is 5.56 Å². The summed E-state index contributed by atoms with van der Waals surface area (Å²) >= 11 is 0. The highest BCUT2D eigenvalue weighted by atomic mass is 16.3. The minimum Gasteiger partial charge on any atom is -0.388 e. The van der Waals surface area contributed by atoms with Crippen molar-refractivity contribution in [1.29, 1.82) is 0 Å². The number of nitrogens with one attached hydrogen (secondary N) is 1. The van der Waals surface area contributed by atoms with Crippen molar-refractivity contribution in [3.63, 3.8) is 0 Å². The molecule has 0 spiro atoms. The minimum absolute atomic E-state index is 0.0181. The molecule has 4 bridgehead atoms. The number of hydrogen-bond acceptors (Lipinski definition) is 4. The molecular weight excluding hydrogens is 342 g/mol. The Labute approximate surface area is 159 Å². The van der Waals surface area contributed by atoms with Crippen LogP contribution in [-0.4, -0.2) is 44.6 Å². The highest BCUT2D eigenvalue weighted by molar-refractivity contribution is 5.93. The zero-order valence-corrected chi connectivity index (χ0v) is 16.0. The molecule has 6 rings (SSSR count). The van der Waals surface area contributed by atoms with Gasteiger partial charge in [-0.3, -0.25) is 9.59 Å². The van der Waals surface area contributed by atoms with Gasteiger partial charge in [-0.1, -0.05) is 0 Å². The van der Waals surface area contributed by atoms with E-state index in [2.05, 4.69) is 9.97 Å². The molecule has 146 valence electrons. The Hall–Kier alpha value is -1.69. The SMILES string of the molecule is CC1(O)CCCN(C(=O)c2cnc(C34CC5CC(CC(C5)C3)C4)[nH]c2=O)C1. The first kappa shape index (κ1) is 17.4. The van der Waals surface area contributed by atoms with E-state index in [4.69, 9.17) is 0 Å². The zero-order valence-electron chi connectivity index (χ0n) is 16.0. The van der Waals surface area contributed by atoms with Gasteiger partial charge in [0.2, 0.25) is 0 Å². The lowest BCUT2D eigenvalue weighted by Gasteiger charge is -2.56. The van der Waals surface area contributed by atoms with E-state index in [0.717, 1.165) is 49.3 Å². The molecule has 6 nitrogen and oxygen atoms in total. The van der Waals surface area contributed by atoms with Crippen LogP contribution >= 0.6 is 0 Å². The molecule has 0 aromatic carbocycles. The molecule has 5 aliphatic rings. The zero-order chi connectivity index (χ0) is 18.8. The predicted molar refractivity (Wildman–Crippen MR) is 100 cm³/mol. The Morgan fingerprint density at radius 1 is 1.22 bits per heavy atom. The number of nitrogens with zero attached hydrogens (tertiary/aromatic N) is 2. The standard InChI is InChI=1S/C21H29N3O3/c1-20(27)3-2-4-24(12-20)18(26)16-11-22-19(23-17(16)25)21-8-13-5-14(9-21)7-15(6-13)10-21/h11,13-15,27H,2-10,12H2,1H3,(H,22,23,25). The van der Waals surface area contributed by atoms with Gasteiger partial charge in [0, 0.05) is 24.7 Å². The molecule has 4 aliphatic carbocycles. The monoisotopic (exact) mass is 371 g/mol. The van der Waals surface area contributed by atoms with Gasteiger partial charge in [-0.2, -0.15) is 0 Å². The second-order valence-corrected chi connectivity index (χ2v) is 10.00. The van der Waals surface area contributed by atoms with E-state index >= 15 is 0 Å². The minimum atomic E-state index is -0.882. The number of carbonyl (C=O) groups excluding carboxylic acids is 1. The number of aromatic nitrogens is 2. The van der Waals surface area contributed by atoms with E-state index < -0.39 is 5.60 Å². The fourth-order valence-corrected chi connectivity index (χ4v) is 6.78. The van der Waals surface area contributed by atoms with Gasteiger partial charge in [-0.05, 0) is 76.0 Å². The van der Waals surface area contributed by atoms with Crippen LogP contribution in [0.25, 0.3) is 0 Å². The Balaban J connectivity index is 1.41. The fraction of sp³-hybridized carbons (Fsp3) is 0.762. The van der Waals surface area contributed by atoms with Gasteiger partial charge in [-0.25, -0.2) is 4.98 Å². The first-order valence-electron chi connectivity index (χ1n) is 10.5. The summed E-state index contributed by atoms with van der Waals surface area (Å²) in [6.07, 6.45) is 10.3. The van der Waals surface area contributed by atoms with E-state index in [-0.39, 0.29) is 29.0 Å². The van der Waals surface area contributed by atoms with Crippen molar-refractivity contribution in [2.24, 2.45) is 17.8 Å². The summed E-state index contributed by atoms with van der Waals surface area (Å²) < 4.78 is 0. The molecular formula is C21H29N3O3. The Bertz CT molecular complexity index is 793. The van der Waals surface area contributed by atoms with E-state index in [0.29, 0.717) is 13.0 Å². The third-order valence-electron chi connectivity index (χ3n) is 7.53. The Morgan fingerprint density at radius 2 is 1.85 bits per heavy atom. The summed E-state index contributed by atoms with van der Waals surface area (Å²) in [5.41, 5.74) is -1.09. The number of carbonyl (C=O) groups is 1. The normalized spacial score (nSPS) is 40.4. The maximum Gasteiger partial charge on any atom is 0.263 e. The van der Waals surface area contributed by atoms with E-state index in [1.54, 1.807) is 11.8 Å². The summed E-state index contributed by atoms with van der Waals surface area (Å²) in [6.45, 7) is 2.58. The third kappa shape index (κ3) is 2.93. The molecule has 1 amide bonds. The number of β-amino-alcohol motifs (C(OH)–C–C–N with tert-alkyl or cyclic N) is 1. The van der Waals surface area contributed by atoms with Crippen LogP contribution in [0.3, 0.4) is 0 Å². The van der Waals surface area contributed by atoms with Crippen LogP contribution in [0, 0.1) is 17.8 Å². The van der Waals surface area contributed by atoms with E-state index in [9.17, 15) is 14.7 Å². The number of H-pyrrole nitrogens is 1. The maximum absolute atomic E-state index is 12.8. The summed E-state index contributed by atoms with van der Waals surface area (Å²) in [7, 11) is 0. The number of amides is 1. The topological polar surface area (TPSA) is 86.3 Å². The summed E-state index contributed by atoms with van der Waals surface area (Å²) in [5, 5.41) is 10.3. The number of hydrogen-bond donors (Lipinski definition) is 2. The molecule has 27 heavy (non-hydrogen) atoms. The van der Waals surface area contributed by atoms with Gasteiger partial charge >= 0.3 is 0 Å². The average Bonchev–Trinajstić information content (AvgIpc) is 2.59. The molecule has 5 fully saturated rings. The van der Waals surface area contributed by atoms with Crippen molar-refractivity contribution >= 4 is 5.91 Å². The number of likely N-dealkylation sites (tertiary alicyclic amines) is 1. The maximum atomic E-state index is 12.8. The smallest absolute Gasteiger partial charge is 0.263 e. The molecule has 1 aromatic heterocycles. The van der Waals surface area contributed by atoms with Gasteiger partial charge in [0.15, 0.2) is 0 Å². The molecule has 0 radical (unpaired) electrons. The molecule has 1 unspecified atom stereocenters. The Morgan fingerprint density at radius 3 is 2.41 bits per heavy atom. The fourth-order valence-electron chi connectivity index (χ4n) is 6.78. The Kier molecular flexibility index (Phi) is 3.81. The van der Waals surface area contributed by atoms with Gasteiger partial charge in [0.05, 0.1) is 5.60 Å². The highest BCUT2D eigenvalue weighted by Crippen LogP contribution is 2.59. The van der Waals surface area contributed by atoms with Crippen molar-refractivity contribution in [3.05, 3.63) is 27.9 Å². The summed E-state index contributed by atoms with van der Waals surface area (Å²) in [5.74, 6) is 2.81. The van der Waals surface area contributed by atoms with E-state index in [1.807, 2.05) is 0 Å². The molecule has 2 N–H and O–H groups in total. The highest BCUT2D eigenvalue weighted by Gasteiger charge is 2.53. The molecule has 6 heteroatoms. The molecule has 1 atom stereocenters. The van der Waals surface area contributed by atoms with E-state index in [1.165, 1.54) is 25.5 Å². The van der Waals surface area contributed by atoms with Crippen molar-refractivity contribution in [1.82, 2.24) is 14.9 Å². The van der Waals surface area contributed by atoms with Crippen molar-refractivity contribution in [2.75, 3.05) is 13.1 Å². The average molecular weight is 371 g/mol. The summed E-state index contributed by atoms with van der Waals surface area (Å²) in [4.78, 5) is 34.8. The lowest BCUT2D eigenvalue weighted by molar-refractivity contribution is -0.0112. The van der Waals surface area contributed by atoms with Crippen LogP contribution in [0.1, 0.15) is 74.5 Å². The third-order valence-corrected chi connectivity index (χ3v) is 7.53. The van der Waals surface area contributed by atoms with Crippen molar-refractivity contribution in [2.45, 2.75) is 69.3 Å². The second kappa shape index (κ2) is 5.90. The lowest BCUT2D eigenvalue weighted by atomic mass is 9.49. The largest absolute Gasteiger partial charge is 0.388 e. The van der Waals surface area contributed by atoms with Gasteiger partial charge in [0.1, 0.15) is 11.4 Å². The van der Waals surface area contributed by atoms with Gasteiger partial charge in [-0.15, -0.1) is 0 Å². The summed E-state index contributed by atoms with van der Waals surface area (Å²) in [6, 6.07) is 0. The predicted octanol–water partition coefficient (Wildman–Crippen LogP) is 2.22. The van der Waals surface area contributed by atoms with Crippen molar-refractivity contribution in [3.8, 4) is 0 Å². The van der Waals surface area contributed by atoms with Crippen LogP contribution in [0.15, 0.2) is 11.0 Å². The first-order valence-corrected chi connectivity index (χ1v) is 10.5. The second-order valence-electron chi connectivity index (χ2n) is 10.00. The number of piperidine rings is 1. The molecule has 1 saturated heterocycles. The lowest BCUT2D eigenvalue weighted by Crippen LogP contribution is -2.51. The molecule has 1 aliphatic heterocycles. The first-order chi connectivity index (χ1) is 12.8.